The van der Waals surface area contributed by atoms with Crippen molar-refractivity contribution < 1.29 is 30.3 Å². The molecule has 10 unspecified atom stereocenters. The van der Waals surface area contributed by atoms with Crippen molar-refractivity contribution in [3.63, 3.8) is 0 Å². The number of carbonyl (C=O) groups excluding carboxylic acids is 1. The number of rotatable bonds is 2. The first-order valence-electron chi connectivity index (χ1n) is 10.0. The molecule has 0 radical (unpaired) electrons. The summed E-state index contributed by atoms with van der Waals surface area (Å²) in [7, 11) is 0. The number of ketones is 1. The minimum atomic E-state index is -1.39. The van der Waals surface area contributed by atoms with Gasteiger partial charge in [0.2, 0.25) is 0 Å². The Morgan fingerprint density at radius 1 is 1.08 bits per heavy atom. The molecule has 148 valence electrons. The van der Waals surface area contributed by atoms with Crippen molar-refractivity contribution in [1.82, 2.24) is 0 Å². The quantitative estimate of drug-likeness (QED) is 0.471. The molecule has 0 saturated heterocycles. The summed E-state index contributed by atoms with van der Waals surface area (Å²) >= 11 is 0. The van der Waals surface area contributed by atoms with Gasteiger partial charge in [-0.05, 0) is 42.9 Å². The van der Waals surface area contributed by atoms with Crippen molar-refractivity contribution in [3.05, 3.63) is 0 Å². The largest absolute Gasteiger partial charge is 0.396 e. The van der Waals surface area contributed by atoms with Gasteiger partial charge >= 0.3 is 0 Å². The fraction of sp³-hybridized carbons (Fsp3) is 0.950. The third kappa shape index (κ3) is 1.88. The summed E-state index contributed by atoms with van der Waals surface area (Å²) in [4.78, 5) is 13.3. The molecule has 4 rings (SSSR count). The Bertz CT molecular complexity index is 609. The van der Waals surface area contributed by atoms with Crippen molar-refractivity contribution in [2.24, 2.45) is 39.9 Å². The molecule has 4 saturated carbocycles. The minimum Gasteiger partial charge on any atom is -0.396 e. The topological polar surface area (TPSA) is 118 Å². The van der Waals surface area contributed by atoms with Crippen LogP contribution in [0.3, 0.4) is 0 Å². The Morgan fingerprint density at radius 3 is 2.38 bits per heavy atom. The molecular weight excluding hydrogens is 336 g/mol. The van der Waals surface area contributed by atoms with E-state index in [4.69, 9.17) is 0 Å². The Kier molecular flexibility index (Phi) is 4.15. The average molecular weight is 368 g/mol. The van der Waals surface area contributed by atoms with E-state index in [1.807, 2.05) is 6.92 Å². The van der Waals surface area contributed by atoms with E-state index in [0.29, 0.717) is 12.8 Å². The van der Waals surface area contributed by atoms with E-state index in [0.717, 1.165) is 12.8 Å². The van der Waals surface area contributed by atoms with Gasteiger partial charge in [0.05, 0.1) is 23.7 Å². The molecule has 6 nitrogen and oxygen atoms in total. The molecule has 10 atom stereocenters. The molecule has 0 aromatic rings. The number of Topliss-reactive ketones (excluding diaryl/α,β-unsaturated/α-hetero) is 1. The highest BCUT2D eigenvalue weighted by molar-refractivity contribution is 5.92. The van der Waals surface area contributed by atoms with E-state index in [1.165, 1.54) is 0 Å². The summed E-state index contributed by atoms with van der Waals surface area (Å²) in [5.41, 5.74) is -2.63. The monoisotopic (exact) mass is 368 g/mol. The molecule has 0 aliphatic heterocycles. The van der Waals surface area contributed by atoms with Crippen molar-refractivity contribution in [1.29, 1.82) is 0 Å². The van der Waals surface area contributed by atoms with Crippen LogP contribution in [0.4, 0.5) is 0 Å². The summed E-state index contributed by atoms with van der Waals surface area (Å²) in [6.45, 7) is 3.49. The Labute approximate surface area is 154 Å². The first-order chi connectivity index (χ1) is 12.2. The van der Waals surface area contributed by atoms with Crippen molar-refractivity contribution in [2.45, 2.75) is 64.3 Å². The van der Waals surface area contributed by atoms with Gasteiger partial charge in [0.1, 0.15) is 5.78 Å². The fourth-order valence-corrected chi connectivity index (χ4v) is 7.84. The van der Waals surface area contributed by atoms with E-state index in [9.17, 15) is 30.3 Å². The Morgan fingerprint density at radius 2 is 1.77 bits per heavy atom. The van der Waals surface area contributed by atoms with Crippen LogP contribution in [0.25, 0.3) is 0 Å². The van der Waals surface area contributed by atoms with Gasteiger partial charge in [0, 0.05) is 30.5 Å². The maximum absolute atomic E-state index is 13.3. The zero-order valence-electron chi connectivity index (χ0n) is 15.6. The summed E-state index contributed by atoms with van der Waals surface area (Å²) < 4.78 is 0. The first-order valence-corrected chi connectivity index (χ1v) is 10.0. The number of aliphatic hydroxyl groups is 5. The summed E-state index contributed by atoms with van der Waals surface area (Å²) in [6, 6.07) is 0. The van der Waals surface area contributed by atoms with Crippen molar-refractivity contribution in [2.75, 3.05) is 13.2 Å². The summed E-state index contributed by atoms with van der Waals surface area (Å²) in [6.07, 6.45) is -0.102. The molecule has 0 amide bonds. The molecule has 4 fully saturated rings. The number of hydrogen-bond donors (Lipinski definition) is 5. The van der Waals surface area contributed by atoms with Crippen LogP contribution in [0.15, 0.2) is 0 Å². The second-order valence-electron chi connectivity index (χ2n) is 9.84. The zero-order chi connectivity index (χ0) is 19.1. The van der Waals surface area contributed by atoms with Gasteiger partial charge in [-0.1, -0.05) is 20.3 Å². The number of fused-ring (bicyclic) bond motifs is 3. The van der Waals surface area contributed by atoms with Crippen LogP contribution in [0.2, 0.25) is 0 Å². The molecule has 5 N–H and O–H groups in total. The predicted octanol–water partition coefficient (Wildman–Crippen LogP) is 0.0915. The molecule has 6 heteroatoms. The van der Waals surface area contributed by atoms with Crippen LogP contribution in [0.5, 0.6) is 0 Å². The van der Waals surface area contributed by atoms with Gasteiger partial charge in [-0.2, -0.15) is 0 Å². The van der Waals surface area contributed by atoms with Crippen LogP contribution < -0.4 is 0 Å². The van der Waals surface area contributed by atoms with Gasteiger partial charge in [0.15, 0.2) is 0 Å². The highest BCUT2D eigenvalue weighted by atomic mass is 16.3. The summed E-state index contributed by atoms with van der Waals surface area (Å²) in [5.74, 6) is -1.79. The fourth-order valence-electron chi connectivity index (χ4n) is 7.84. The van der Waals surface area contributed by atoms with Gasteiger partial charge < -0.3 is 25.5 Å². The van der Waals surface area contributed by atoms with Crippen LogP contribution >= 0.6 is 0 Å². The number of carbonyl (C=O) groups is 1. The van der Waals surface area contributed by atoms with E-state index in [1.54, 1.807) is 6.92 Å². The van der Waals surface area contributed by atoms with E-state index in [2.05, 4.69) is 0 Å². The molecule has 4 aliphatic rings. The molecule has 4 aliphatic carbocycles. The highest BCUT2D eigenvalue weighted by Gasteiger charge is 2.77. The van der Waals surface area contributed by atoms with Crippen LogP contribution in [-0.2, 0) is 4.79 Å². The lowest BCUT2D eigenvalue weighted by molar-refractivity contribution is -0.267. The van der Waals surface area contributed by atoms with Crippen molar-refractivity contribution >= 4 is 5.78 Å². The standard InChI is InChI=1S/C20H32O6/c1-10-11-6-12(23)15-19(9-22)5-3-4-18(2,8-21)13(19)7-14(24)20(15,16(10)25)17(11)26/h10-15,17,21-24,26H,3-9H2,1-2H3. The van der Waals surface area contributed by atoms with Crippen molar-refractivity contribution in [3.8, 4) is 0 Å². The second-order valence-corrected chi connectivity index (χ2v) is 9.84. The number of aliphatic hydroxyl groups excluding tert-OH is 5. The van der Waals surface area contributed by atoms with E-state index >= 15 is 0 Å². The van der Waals surface area contributed by atoms with Gasteiger partial charge in [-0.25, -0.2) is 0 Å². The SMILES string of the molecule is CC1C(=O)C23C(O)CC4C(C)(CO)CCCC4(CO)C2C(O)CC1C3O. The molecule has 0 aromatic carbocycles. The average Bonchev–Trinajstić information content (AvgIpc) is 2.74. The molecule has 2 bridgehead atoms. The lowest BCUT2D eigenvalue weighted by Gasteiger charge is -2.66. The maximum atomic E-state index is 13.3. The third-order valence-corrected chi connectivity index (χ3v) is 9.00. The highest BCUT2D eigenvalue weighted by Crippen LogP contribution is 2.71. The number of hydrogen-bond acceptors (Lipinski definition) is 6. The summed E-state index contributed by atoms with van der Waals surface area (Å²) in [5, 5.41) is 54.0. The Hall–Kier alpha value is -0.530. The smallest absolute Gasteiger partial charge is 0.147 e. The van der Waals surface area contributed by atoms with Gasteiger partial charge in [-0.15, -0.1) is 0 Å². The van der Waals surface area contributed by atoms with Gasteiger partial charge in [0.25, 0.3) is 0 Å². The first kappa shape index (κ1) is 18.8. The second kappa shape index (κ2) is 5.74. The van der Waals surface area contributed by atoms with E-state index < -0.39 is 46.4 Å². The normalized spacial score (nSPS) is 59.0. The molecule has 26 heavy (non-hydrogen) atoms. The zero-order valence-corrected chi connectivity index (χ0v) is 15.6. The minimum absolute atomic E-state index is 0.0581. The lowest BCUT2D eigenvalue weighted by Crippen LogP contribution is -2.72. The molecule has 0 heterocycles. The molecular formula is C20H32O6. The van der Waals surface area contributed by atoms with Crippen LogP contribution in [0, 0.1) is 39.9 Å². The van der Waals surface area contributed by atoms with Crippen LogP contribution in [-0.4, -0.2) is 62.8 Å². The van der Waals surface area contributed by atoms with Crippen LogP contribution in [0.1, 0.15) is 46.0 Å². The maximum Gasteiger partial charge on any atom is 0.147 e. The molecule has 1 spiro atoms. The lowest BCUT2D eigenvalue weighted by atomic mass is 9.38. The third-order valence-electron chi connectivity index (χ3n) is 9.00. The Balaban J connectivity index is 1.92. The van der Waals surface area contributed by atoms with Gasteiger partial charge in [-0.3, -0.25) is 4.79 Å². The van der Waals surface area contributed by atoms with E-state index in [-0.39, 0.29) is 37.3 Å². The molecule has 0 aromatic heterocycles. The predicted molar refractivity (Wildman–Crippen MR) is 92.9 cm³/mol.